The standard InChI is InChI=1S/C11H15ClN2O2/c1-13-11(15)8-4-5-14(6-8)7-9-2-3-10(12)16-9/h2-3,8H,4-7H2,1H3,(H,13,15)/t8-/m0/s1. The summed E-state index contributed by atoms with van der Waals surface area (Å²) in [7, 11) is 1.68. The predicted octanol–water partition coefficient (Wildman–Crippen LogP) is 1.50. The lowest BCUT2D eigenvalue weighted by molar-refractivity contribution is -0.124. The van der Waals surface area contributed by atoms with E-state index in [1.165, 1.54) is 0 Å². The number of carbonyl (C=O) groups excluding carboxylic acids is 1. The van der Waals surface area contributed by atoms with Crippen LogP contribution < -0.4 is 5.32 Å². The van der Waals surface area contributed by atoms with Crippen LogP contribution in [0.2, 0.25) is 5.22 Å². The zero-order valence-electron chi connectivity index (χ0n) is 9.20. The molecule has 5 heteroatoms. The molecule has 16 heavy (non-hydrogen) atoms. The molecule has 0 aliphatic carbocycles. The average molecular weight is 243 g/mol. The van der Waals surface area contributed by atoms with Gasteiger partial charge in [0.15, 0.2) is 5.22 Å². The average Bonchev–Trinajstić information content (AvgIpc) is 2.87. The highest BCUT2D eigenvalue weighted by atomic mass is 35.5. The van der Waals surface area contributed by atoms with Crippen molar-refractivity contribution in [1.82, 2.24) is 10.2 Å². The number of nitrogens with zero attached hydrogens (tertiary/aromatic N) is 1. The Morgan fingerprint density at radius 3 is 3.12 bits per heavy atom. The van der Waals surface area contributed by atoms with Crippen molar-refractivity contribution in [2.75, 3.05) is 20.1 Å². The molecule has 0 saturated carbocycles. The van der Waals surface area contributed by atoms with Gasteiger partial charge in [0.25, 0.3) is 0 Å². The number of likely N-dealkylation sites (tertiary alicyclic amines) is 1. The SMILES string of the molecule is CNC(=O)[C@H]1CCN(Cc2ccc(Cl)o2)C1. The lowest BCUT2D eigenvalue weighted by Gasteiger charge is -2.13. The fourth-order valence-corrected chi connectivity index (χ4v) is 2.21. The number of amides is 1. The van der Waals surface area contributed by atoms with Gasteiger partial charge in [0.05, 0.1) is 12.5 Å². The Bertz CT molecular complexity index is 378. The first-order valence-electron chi connectivity index (χ1n) is 5.37. The molecule has 1 atom stereocenters. The van der Waals surface area contributed by atoms with E-state index in [-0.39, 0.29) is 11.8 Å². The van der Waals surface area contributed by atoms with E-state index in [0.717, 1.165) is 31.8 Å². The van der Waals surface area contributed by atoms with Crippen LogP contribution in [-0.2, 0) is 11.3 Å². The first-order chi connectivity index (χ1) is 7.69. The molecule has 1 aromatic rings. The molecule has 2 heterocycles. The third-order valence-electron chi connectivity index (χ3n) is 2.90. The van der Waals surface area contributed by atoms with E-state index in [0.29, 0.717) is 5.22 Å². The third kappa shape index (κ3) is 2.57. The highest BCUT2D eigenvalue weighted by Gasteiger charge is 2.27. The molecule has 1 aliphatic rings. The van der Waals surface area contributed by atoms with Gasteiger partial charge in [-0.25, -0.2) is 0 Å². The summed E-state index contributed by atoms with van der Waals surface area (Å²) in [6, 6.07) is 3.61. The minimum absolute atomic E-state index is 0.107. The van der Waals surface area contributed by atoms with Crippen molar-refractivity contribution in [3.8, 4) is 0 Å². The minimum atomic E-state index is 0.107. The van der Waals surface area contributed by atoms with Crippen LogP contribution in [0.1, 0.15) is 12.2 Å². The molecule has 0 spiro atoms. The predicted molar refractivity (Wildman–Crippen MR) is 61.2 cm³/mol. The van der Waals surface area contributed by atoms with Gasteiger partial charge in [-0.3, -0.25) is 9.69 Å². The summed E-state index contributed by atoms with van der Waals surface area (Å²) < 4.78 is 5.29. The molecule has 0 unspecified atom stereocenters. The number of hydrogen-bond acceptors (Lipinski definition) is 3. The maximum Gasteiger partial charge on any atom is 0.224 e. The van der Waals surface area contributed by atoms with Gasteiger partial charge in [0, 0.05) is 13.6 Å². The van der Waals surface area contributed by atoms with Gasteiger partial charge in [0.1, 0.15) is 5.76 Å². The van der Waals surface area contributed by atoms with Gasteiger partial charge in [-0.15, -0.1) is 0 Å². The molecule has 0 radical (unpaired) electrons. The molecule has 88 valence electrons. The number of carbonyl (C=O) groups is 1. The zero-order valence-corrected chi connectivity index (χ0v) is 9.96. The smallest absolute Gasteiger partial charge is 0.224 e. The number of furan rings is 1. The maximum atomic E-state index is 11.4. The van der Waals surface area contributed by atoms with Crippen LogP contribution in [0, 0.1) is 5.92 Å². The zero-order chi connectivity index (χ0) is 11.5. The van der Waals surface area contributed by atoms with E-state index < -0.39 is 0 Å². The molecular weight excluding hydrogens is 228 g/mol. The van der Waals surface area contributed by atoms with Gasteiger partial charge in [-0.05, 0) is 36.7 Å². The summed E-state index contributed by atoms with van der Waals surface area (Å²) in [4.78, 5) is 13.6. The molecule has 4 nitrogen and oxygen atoms in total. The first kappa shape index (κ1) is 11.5. The number of rotatable bonds is 3. The van der Waals surface area contributed by atoms with E-state index in [1.54, 1.807) is 13.1 Å². The number of nitrogens with one attached hydrogen (secondary N) is 1. The van der Waals surface area contributed by atoms with Gasteiger partial charge < -0.3 is 9.73 Å². The van der Waals surface area contributed by atoms with Crippen molar-refractivity contribution < 1.29 is 9.21 Å². The molecule has 1 fully saturated rings. The van der Waals surface area contributed by atoms with Gasteiger partial charge in [-0.1, -0.05) is 0 Å². The lowest BCUT2D eigenvalue weighted by Crippen LogP contribution is -2.29. The molecular formula is C11H15ClN2O2. The summed E-state index contributed by atoms with van der Waals surface area (Å²) in [5, 5.41) is 3.10. The Hall–Kier alpha value is -1.00. The Morgan fingerprint density at radius 2 is 2.50 bits per heavy atom. The van der Waals surface area contributed by atoms with E-state index >= 15 is 0 Å². The van der Waals surface area contributed by atoms with Gasteiger partial charge in [-0.2, -0.15) is 0 Å². The van der Waals surface area contributed by atoms with Crippen molar-refractivity contribution in [2.24, 2.45) is 5.92 Å². The Balaban J connectivity index is 1.87. The fourth-order valence-electron chi connectivity index (χ4n) is 2.05. The van der Waals surface area contributed by atoms with Crippen LogP contribution in [0.3, 0.4) is 0 Å². The van der Waals surface area contributed by atoms with Gasteiger partial charge >= 0.3 is 0 Å². The molecule has 1 aliphatic heterocycles. The van der Waals surface area contributed by atoms with Crippen LogP contribution in [0.4, 0.5) is 0 Å². The first-order valence-corrected chi connectivity index (χ1v) is 5.75. The molecule has 1 N–H and O–H groups in total. The van der Waals surface area contributed by atoms with Crippen molar-refractivity contribution in [1.29, 1.82) is 0 Å². The van der Waals surface area contributed by atoms with Crippen molar-refractivity contribution >= 4 is 17.5 Å². The normalized spacial score (nSPS) is 21.2. The minimum Gasteiger partial charge on any atom is -0.448 e. The second kappa shape index (κ2) is 4.89. The molecule has 1 saturated heterocycles. The number of hydrogen-bond donors (Lipinski definition) is 1. The van der Waals surface area contributed by atoms with Crippen molar-refractivity contribution in [3.05, 3.63) is 23.1 Å². The highest BCUT2D eigenvalue weighted by Crippen LogP contribution is 2.20. The summed E-state index contributed by atoms with van der Waals surface area (Å²) >= 11 is 5.70. The molecule has 0 bridgehead atoms. The summed E-state index contributed by atoms with van der Waals surface area (Å²) in [5.41, 5.74) is 0. The fraction of sp³-hybridized carbons (Fsp3) is 0.545. The van der Waals surface area contributed by atoms with Crippen LogP contribution >= 0.6 is 11.6 Å². The van der Waals surface area contributed by atoms with E-state index in [9.17, 15) is 4.79 Å². The monoisotopic (exact) mass is 242 g/mol. The topological polar surface area (TPSA) is 45.5 Å². The van der Waals surface area contributed by atoms with Crippen LogP contribution in [0.5, 0.6) is 0 Å². The third-order valence-corrected chi connectivity index (χ3v) is 3.10. The van der Waals surface area contributed by atoms with Crippen LogP contribution in [0.25, 0.3) is 0 Å². The lowest BCUT2D eigenvalue weighted by atomic mass is 10.1. The summed E-state index contributed by atoms with van der Waals surface area (Å²) in [6.07, 6.45) is 0.911. The van der Waals surface area contributed by atoms with Crippen molar-refractivity contribution in [3.63, 3.8) is 0 Å². The second-order valence-electron chi connectivity index (χ2n) is 4.04. The quantitative estimate of drug-likeness (QED) is 0.874. The maximum absolute atomic E-state index is 11.4. The number of halogens is 1. The van der Waals surface area contributed by atoms with E-state index in [2.05, 4.69) is 10.2 Å². The van der Waals surface area contributed by atoms with Crippen LogP contribution in [-0.4, -0.2) is 30.9 Å². The van der Waals surface area contributed by atoms with E-state index in [4.69, 9.17) is 16.0 Å². The highest BCUT2D eigenvalue weighted by molar-refractivity contribution is 6.28. The molecule has 1 amide bonds. The van der Waals surface area contributed by atoms with Gasteiger partial charge in [0.2, 0.25) is 5.91 Å². The summed E-state index contributed by atoms with van der Waals surface area (Å²) in [6.45, 7) is 2.44. The Labute approximate surface area is 99.5 Å². The second-order valence-corrected chi connectivity index (χ2v) is 4.41. The molecule has 2 rings (SSSR count). The van der Waals surface area contributed by atoms with E-state index in [1.807, 2.05) is 6.07 Å². The largest absolute Gasteiger partial charge is 0.448 e. The Morgan fingerprint density at radius 1 is 1.69 bits per heavy atom. The van der Waals surface area contributed by atoms with Crippen LogP contribution in [0.15, 0.2) is 16.5 Å². The Kier molecular flexibility index (Phi) is 3.51. The summed E-state index contributed by atoms with van der Waals surface area (Å²) in [5.74, 6) is 1.08. The van der Waals surface area contributed by atoms with Crippen molar-refractivity contribution in [2.45, 2.75) is 13.0 Å². The molecule has 1 aromatic heterocycles. The molecule has 0 aromatic carbocycles.